The van der Waals surface area contributed by atoms with Crippen molar-refractivity contribution in [1.29, 1.82) is 0 Å². The lowest BCUT2D eigenvalue weighted by Crippen LogP contribution is -1.92. The number of phenolic OH excluding ortho intramolecular Hbond substituents is 4. The van der Waals surface area contributed by atoms with Crippen molar-refractivity contribution < 1.29 is 20.4 Å². The van der Waals surface area contributed by atoms with Gasteiger partial charge < -0.3 is 20.4 Å². The standard InChI is InChI=1S/C16H12Br2Cl2O4/c17-15-9(16(18)14(24)6-13(15)23)4-8(19)2-1-7-3-12(22)10(20)5-11(7)21/h2-3,5-6,21-24H,1,4H2/b8-2+. The largest absolute Gasteiger partial charge is 0.508 e. The number of aromatic hydroxyl groups is 4. The Hall–Kier alpha value is -1.08. The summed E-state index contributed by atoms with van der Waals surface area (Å²) in [7, 11) is 0. The van der Waals surface area contributed by atoms with Crippen molar-refractivity contribution in [2.24, 2.45) is 0 Å². The molecule has 0 saturated carbocycles. The minimum atomic E-state index is -0.127. The monoisotopic (exact) mass is 496 g/mol. The highest BCUT2D eigenvalue weighted by Crippen LogP contribution is 2.41. The fraction of sp³-hybridized carbons (Fsp3) is 0.125. The predicted molar refractivity (Wildman–Crippen MR) is 101 cm³/mol. The van der Waals surface area contributed by atoms with Crippen LogP contribution in [0.4, 0.5) is 0 Å². The van der Waals surface area contributed by atoms with Crippen molar-refractivity contribution in [3.8, 4) is 23.0 Å². The number of hydrogen-bond acceptors (Lipinski definition) is 4. The molecule has 0 heterocycles. The van der Waals surface area contributed by atoms with Crippen LogP contribution in [-0.2, 0) is 12.8 Å². The Morgan fingerprint density at radius 1 is 0.917 bits per heavy atom. The summed E-state index contributed by atoms with van der Waals surface area (Å²) in [5.41, 5.74) is 1.05. The molecule has 4 nitrogen and oxygen atoms in total. The van der Waals surface area contributed by atoms with Crippen molar-refractivity contribution in [1.82, 2.24) is 0 Å². The van der Waals surface area contributed by atoms with Gasteiger partial charge in [-0.3, -0.25) is 0 Å². The molecule has 0 radical (unpaired) electrons. The van der Waals surface area contributed by atoms with Gasteiger partial charge in [-0.25, -0.2) is 0 Å². The van der Waals surface area contributed by atoms with E-state index in [2.05, 4.69) is 31.9 Å². The summed E-state index contributed by atoms with van der Waals surface area (Å²) < 4.78 is 0.844. The summed E-state index contributed by atoms with van der Waals surface area (Å²) in [5, 5.41) is 39.4. The topological polar surface area (TPSA) is 80.9 Å². The van der Waals surface area contributed by atoms with Gasteiger partial charge in [0.15, 0.2) is 0 Å². The SMILES string of the molecule is Oc1cc(C/C=C(/Cl)Cc2c(Br)c(O)cc(O)c2Br)c(O)cc1Cl. The zero-order chi connectivity index (χ0) is 18.0. The molecule has 0 aromatic heterocycles. The van der Waals surface area contributed by atoms with E-state index in [1.807, 2.05) is 0 Å². The van der Waals surface area contributed by atoms with Gasteiger partial charge in [0.25, 0.3) is 0 Å². The van der Waals surface area contributed by atoms with Crippen LogP contribution in [0.15, 0.2) is 38.3 Å². The maximum atomic E-state index is 9.83. The Morgan fingerprint density at radius 2 is 1.50 bits per heavy atom. The van der Waals surface area contributed by atoms with Crippen LogP contribution in [0.5, 0.6) is 23.0 Å². The fourth-order valence-electron chi connectivity index (χ4n) is 2.04. The summed E-state index contributed by atoms with van der Waals surface area (Å²) in [6, 6.07) is 3.84. The zero-order valence-corrected chi connectivity index (χ0v) is 16.7. The molecule has 2 aromatic rings. The average molecular weight is 499 g/mol. The van der Waals surface area contributed by atoms with Gasteiger partial charge in [-0.1, -0.05) is 29.3 Å². The van der Waals surface area contributed by atoms with E-state index in [1.54, 1.807) is 6.08 Å². The molecular weight excluding hydrogens is 487 g/mol. The Balaban J connectivity index is 2.24. The van der Waals surface area contributed by atoms with Crippen LogP contribution >= 0.6 is 55.1 Å². The van der Waals surface area contributed by atoms with Crippen LogP contribution in [0.25, 0.3) is 0 Å². The van der Waals surface area contributed by atoms with Gasteiger partial charge in [-0.15, -0.1) is 0 Å². The second kappa shape index (κ2) is 7.87. The van der Waals surface area contributed by atoms with Crippen molar-refractivity contribution >= 4 is 55.1 Å². The van der Waals surface area contributed by atoms with Crippen molar-refractivity contribution in [2.75, 3.05) is 0 Å². The molecule has 0 aliphatic heterocycles. The van der Waals surface area contributed by atoms with Crippen LogP contribution in [0.1, 0.15) is 11.1 Å². The second-order valence-corrected chi connectivity index (χ2v) is 7.46. The molecule has 0 atom stereocenters. The van der Waals surface area contributed by atoms with Gasteiger partial charge in [0.05, 0.1) is 14.0 Å². The number of allylic oxidation sites excluding steroid dienone is 2. The Morgan fingerprint density at radius 3 is 2.08 bits per heavy atom. The minimum Gasteiger partial charge on any atom is -0.508 e. The molecule has 0 unspecified atom stereocenters. The van der Waals surface area contributed by atoms with Crippen LogP contribution in [0.2, 0.25) is 5.02 Å². The van der Waals surface area contributed by atoms with Crippen molar-refractivity contribution in [3.05, 3.63) is 54.4 Å². The first kappa shape index (κ1) is 19.2. The maximum Gasteiger partial charge on any atom is 0.134 e. The smallest absolute Gasteiger partial charge is 0.134 e. The van der Waals surface area contributed by atoms with E-state index in [-0.39, 0.29) is 40.9 Å². The normalized spacial score (nSPS) is 11.8. The third kappa shape index (κ3) is 4.30. The molecule has 2 rings (SSSR count). The first-order valence-electron chi connectivity index (χ1n) is 6.64. The molecule has 0 aliphatic carbocycles. The maximum absolute atomic E-state index is 9.83. The van der Waals surface area contributed by atoms with E-state index in [0.717, 1.165) is 0 Å². The molecule has 0 fully saturated rings. The first-order chi connectivity index (χ1) is 11.2. The highest BCUT2D eigenvalue weighted by Gasteiger charge is 2.15. The average Bonchev–Trinajstić information content (AvgIpc) is 2.52. The third-order valence-corrected chi connectivity index (χ3v) is 5.65. The minimum absolute atomic E-state index is 0.0455. The molecule has 0 aliphatic rings. The third-order valence-electron chi connectivity index (χ3n) is 3.29. The molecule has 2 aromatic carbocycles. The van der Waals surface area contributed by atoms with E-state index >= 15 is 0 Å². The number of rotatable bonds is 4. The van der Waals surface area contributed by atoms with Crippen molar-refractivity contribution in [2.45, 2.75) is 12.8 Å². The van der Waals surface area contributed by atoms with Crippen molar-refractivity contribution in [3.63, 3.8) is 0 Å². The summed E-state index contributed by atoms with van der Waals surface area (Å²) in [6.45, 7) is 0. The Kier molecular flexibility index (Phi) is 6.31. The summed E-state index contributed by atoms with van der Waals surface area (Å²) in [6.07, 6.45) is 2.17. The summed E-state index contributed by atoms with van der Waals surface area (Å²) in [5.74, 6) is -0.376. The van der Waals surface area contributed by atoms with Gasteiger partial charge >= 0.3 is 0 Å². The van der Waals surface area contributed by atoms with Gasteiger partial charge in [-0.05, 0) is 49.9 Å². The lowest BCUT2D eigenvalue weighted by molar-refractivity contribution is 0.445. The lowest BCUT2D eigenvalue weighted by atomic mass is 10.1. The highest BCUT2D eigenvalue weighted by molar-refractivity contribution is 9.11. The summed E-state index contributed by atoms with van der Waals surface area (Å²) in [4.78, 5) is 0. The molecule has 4 N–H and O–H groups in total. The molecule has 0 spiro atoms. The van der Waals surface area contributed by atoms with E-state index < -0.39 is 0 Å². The number of phenols is 4. The zero-order valence-electron chi connectivity index (χ0n) is 12.0. The lowest BCUT2D eigenvalue weighted by Gasteiger charge is -2.11. The van der Waals surface area contributed by atoms with Crippen LogP contribution < -0.4 is 0 Å². The van der Waals surface area contributed by atoms with Gasteiger partial charge in [0.1, 0.15) is 23.0 Å². The van der Waals surface area contributed by atoms with Gasteiger partial charge in [-0.2, -0.15) is 0 Å². The predicted octanol–water partition coefficient (Wildman–Crippen LogP) is 5.60. The number of halogens is 4. The Labute approximate surface area is 165 Å². The summed E-state index contributed by atoms with van der Waals surface area (Å²) >= 11 is 18.4. The molecule has 0 amide bonds. The first-order valence-corrected chi connectivity index (χ1v) is 8.98. The quantitative estimate of drug-likeness (QED) is 0.414. The Bertz CT molecular complexity index is 796. The molecular formula is C16H12Br2Cl2O4. The molecule has 0 bridgehead atoms. The van der Waals surface area contributed by atoms with E-state index in [1.165, 1.54) is 18.2 Å². The molecule has 0 saturated heterocycles. The van der Waals surface area contributed by atoms with Crippen LogP contribution in [0, 0.1) is 0 Å². The van der Waals surface area contributed by atoms with Gasteiger partial charge in [0, 0.05) is 29.1 Å². The second-order valence-electron chi connectivity index (χ2n) is 4.99. The molecule has 8 heteroatoms. The molecule has 128 valence electrons. The van der Waals surface area contributed by atoms with Crippen LogP contribution in [0.3, 0.4) is 0 Å². The van der Waals surface area contributed by atoms with Crippen LogP contribution in [-0.4, -0.2) is 20.4 Å². The highest BCUT2D eigenvalue weighted by atomic mass is 79.9. The molecule has 24 heavy (non-hydrogen) atoms. The fourth-order valence-corrected chi connectivity index (χ4v) is 3.58. The van der Waals surface area contributed by atoms with E-state index in [9.17, 15) is 20.4 Å². The van der Waals surface area contributed by atoms with Gasteiger partial charge in [0.2, 0.25) is 0 Å². The van der Waals surface area contributed by atoms with E-state index in [4.69, 9.17) is 23.2 Å². The number of hydrogen-bond donors (Lipinski definition) is 4. The van der Waals surface area contributed by atoms with E-state index in [0.29, 0.717) is 25.1 Å². The number of benzene rings is 2.